The van der Waals surface area contributed by atoms with Gasteiger partial charge >= 0.3 is 0 Å². The summed E-state index contributed by atoms with van der Waals surface area (Å²) in [6.45, 7) is 3.62. The number of benzene rings is 2. The van der Waals surface area contributed by atoms with Crippen molar-refractivity contribution in [3.63, 3.8) is 0 Å². The first-order valence-corrected chi connectivity index (χ1v) is 13.0. The number of amides is 2. The van der Waals surface area contributed by atoms with Crippen LogP contribution >= 0.6 is 11.8 Å². The van der Waals surface area contributed by atoms with E-state index in [2.05, 4.69) is 10.6 Å². The van der Waals surface area contributed by atoms with E-state index in [1.807, 2.05) is 61.5 Å². The van der Waals surface area contributed by atoms with Gasteiger partial charge in [0.05, 0.1) is 16.6 Å². The van der Waals surface area contributed by atoms with Crippen molar-refractivity contribution in [3.05, 3.63) is 70.6 Å². The standard InChI is InChI=1S/C27H32N4O3S/c1-18-24(27(34)31(30(18)3)22-14-8-5-9-15-22)29-25(32)19(2)35-23-16-10-13-21(17-23)28-26(33)20-11-6-4-7-12-20/h5,8-10,13-17,19-20H,4,6-7,11-12H2,1-3H3,(H,28,33)(H,29,32). The van der Waals surface area contributed by atoms with E-state index in [-0.39, 0.29) is 29.0 Å². The molecule has 3 aromatic rings. The second kappa shape index (κ2) is 11.0. The number of anilines is 2. The van der Waals surface area contributed by atoms with Crippen LogP contribution in [0.2, 0.25) is 0 Å². The van der Waals surface area contributed by atoms with Crippen molar-refractivity contribution < 1.29 is 9.59 Å². The van der Waals surface area contributed by atoms with Crippen molar-refractivity contribution in [2.45, 2.75) is 56.1 Å². The maximum absolute atomic E-state index is 13.1. The molecule has 1 saturated carbocycles. The number of nitrogens with one attached hydrogen (secondary N) is 2. The summed E-state index contributed by atoms with van der Waals surface area (Å²) in [7, 11) is 1.80. The molecular weight excluding hydrogens is 460 g/mol. The second-order valence-electron chi connectivity index (χ2n) is 9.04. The second-order valence-corrected chi connectivity index (χ2v) is 10.5. The fourth-order valence-corrected chi connectivity index (χ4v) is 5.38. The molecule has 2 aromatic carbocycles. The van der Waals surface area contributed by atoms with Gasteiger partial charge in [-0.15, -0.1) is 11.8 Å². The third-order valence-corrected chi connectivity index (χ3v) is 7.66. The molecule has 184 valence electrons. The van der Waals surface area contributed by atoms with Gasteiger partial charge in [-0.05, 0) is 57.0 Å². The first-order valence-electron chi connectivity index (χ1n) is 12.1. The van der Waals surface area contributed by atoms with Crippen molar-refractivity contribution in [2.24, 2.45) is 13.0 Å². The van der Waals surface area contributed by atoms with Crippen molar-refractivity contribution in [2.75, 3.05) is 10.6 Å². The van der Waals surface area contributed by atoms with Gasteiger partial charge in [0.1, 0.15) is 5.69 Å². The molecule has 8 heteroatoms. The van der Waals surface area contributed by atoms with Crippen LogP contribution in [0, 0.1) is 12.8 Å². The molecule has 35 heavy (non-hydrogen) atoms. The number of carbonyl (C=O) groups is 2. The smallest absolute Gasteiger partial charge is 0.295 e. The minimum atomic E-state index is -0.441. The van der Waals surface area contributed by atoms with Gasteiger partial charge in [-0.3, -0.25) is 19.1 Å². The van der Waals surface area contributed by atoms with E-state index in [0.29, 0.717) is 5.69 Å². The molecule has 0 radical (unpaired) electrons. The predicted octanol–water partition coefficient (Wildman–Crippen LogP) is 5.12. The average Bonchev–Trinajstić information content (AvgIpc) is 3.08. The molecule has 2 N–H and O–H groups in total. The first kappa shape index (κ1) is 24.9. The summed E-state index contributed by atoms with van der Waals surface area (Å²) >= 11 is 1.39. The molecule has 0 aliphatic heterocycles. The predicted molar refractivity (Wildman–Crippen MR) is 141 cm³/mol. The van der Waals surface area contributed by atoms with Crippen LogP contribution in [-0.2, 0) is 16.6 Å². The quantitative estimate of drug-likeness (QED) is 0.448. The van der Waals surface area contributed by atoms with Crippen molar-refractivity contribution in [3.8, 4) is 5.69 Å². The Labute approximate surface area is 209 Å². The molecule has 7 nitrogen and oxygen atoms in total. The van der Waals surface area contributed by atoms with Crippen LogP contribution in [0.15, 0.2) is 64.3 Å². The highest BCUT2D eigenvalue weighted by Gasteiger charge is 2.23. The molecule has 2 amide bonds. The number of hydrogen-bond acceptors (Lipinski definition) is 4. The number of rotatable bonds is 7. The van der Waals surface area contributed by atoms with E-state index in [0.717, 1.165) is 42.0 Å². The molecule has 1 heterocycles. The van der Waals surface area contributed by atoms with Crippen LogP contribution in [0.5, 0.6) is 0 Å². The van der Waals surface area contributed by atoms with Crippen molar-refractivity contribution in [1.29, 1.82) is 0 Å². The molecule has 0 bridgehead atoms. The zero-order valence-corrected chi connectivity index (χ0v) is 21.2. The van der Waals surface area contributed by atoms with Crippen LogP contribution in [-0.4, -0.2) is 26.4 Å². The van der Waals surface area contributed by atoms with E-state index in [1.165, 1.54) is 18.2 Å². The minimum Gasteiger partial charge on any atom is -0.326 e. The highest BCUT2D eigenvalue weighted by molar-refractivity contribution is 8.00. The van der Waals surface area contributed by atoms with Crippen LogP contribution in [0.1, 0.15) is 44.7 Å². The average molecular weight is 493 g/mol. The Morgan fingerprint density at radius 2 is 1.71 bits per heavy atom. The summed E-state index contributed by atoms with van der Waals surface area (Å²) in [5.74, 6) is -0.0941. The highest BCUT2D eigenvalue weighted by Crippen LogP contribution is 2.29. The molecule has 1 unspecified atom stereocenters. The van der Waals surface area contributed by atoms with Crippen molar-refractivity contribution in [1.82, 2.24) is 9.36 Å². The fourth-order valence-electron chi connectivity index (χ4n) is 4.45. The first-order chi connectivity index (χ1) is 16.8. The summed E-state index contributed by atoms with van der Waals surface area (Å²) in [4.78, 5) is 39.5. The molecule has 1 atom stereocenters. The summed E-state index contributed by atoms with van der Waals surface area (Å²) in [6, 6.07) is 16.9. The summed E-state index contributed by atoms with van der Waals surface area (Å²) in [5, 5.41) is 5.43. The number of aromatic nitrogens is 2. The topological polar surface area (TPSA) is 85.1 Å². The Hall–Kier alpha value is -3.26. The highest BCUT2D eigenvalue weighted by atomic mass is 32.2. The summed E-state index contributed by atoms with van der Waals surface area (Å²) in [5.41, 5.74) is 2.16. The lowest BCUT2D eigenvalue weighted by Gasteiger charge is -2.21. The lowest BCUT2D eigenvalue weighted by molar-refractivity contribution is -0.120. The molecule has 4 rings (SSSR count). The zero-order valence-electron chi connectivity index (χ0n) is 20.4. The fraction of sp³-hybridized carbons (Fsp3) is 0.370. The maximum Gasteiger partial charge on any atom is 0.295 e. The lowest BCUT2D eigenvalue weighted by atomic mass is 9.88. The number of thioether (sulfide) groups is 1. The van der Waals surface area contributed by atoms with Crippen LogP contribution in [0.4, 0.5) is 11.4 Å². The van der Waals surface area contributed by atoms with Gasteiger partial charge in [0.15, 0.2) is 0 Å². The minimum absolute atomic E-state index is 0.0758. The van der Waals surface area contributed by atoms with Crippen LogP contribution < -0.4 is 16.2 Å². The Morgan fingerprint density at radius 3 is 2.43 bits per heavy atom. The zero-order chi connectivity index (χ0) is 24.9. The van der Waals surface area contributed by atoms with Gasteiger partial charge in [0.2, 0.25) is 11.8 Å². The molecular formula is C27H32N4O3S. The Bertz CT molecular complexity index is 1260. The van der Waals surface area contributed by atoms with Crippen LogP contribution in [0.3, 0.4) is 0 Å². The molecule has 1 fully saturated rings. The normalized spacial score (nSPS) is 14.9. The Morgan fingerprint density at radius 1 is 1.00 bits per heavy atom. The van der Waals surface area contributed by atoms with E-state index in [1.54, 1.807) is 23.3 Å². The van der Waals surface area contributed by atoms with E-state index in [4.69, 9.17) is 0 Å². The van der Waals surface area contributed by atoms with Gasteiger partial charge in [-0.25, -0.2) is 4.68 Å². The van der Waals surface area contributed by atoms with Gasteiger partial charge < -0.3 is 10.6 Å². The largest absolute Gasteiger partial charge is 0.326 e. The Kier molecular flexibility index (Phi) is 7.80. The van der Waals surface area contributed by atoms with Gasteiger partial charge in [-0.2, -0.15) is 0 Å². The molecule has 1 aliphatic rings. The molecule has 1 aliphatic carbocycles. The third-order valence-electron chi connectivity index (χ3n) is 6.56. The van der Waals surface area contributed by atoms with E-state index < -0.39 is 5.25 Å². The van der Waals surface area contributed by atoms with E-state index >= 15 is 0 Å². The molecule has 1 aromatic heterocycles. The van der Waals surface area contributed by atoms with Crippen LogP contribution in [0.25, 0.3) is 5.69 Å². The number of carbonyl (C=O) groups excluding carboxylic acids is 2. The summed E-state index contributed by atoms with van der Waals surface area (Å²) in [6.07, 6.45) is 5.32. The lowest BCUT2D eigenvalue weighted by Crippen LogP contribution is -2.27. The van der Waals surface area contributed by atoms with Gasteiger partial charge in [0.25, 0.3) is 5.56 Å². The maximum atomic E-state index is 13.1. The SMILES string of the molecule is Cc1c(NC(=O)C(C)Sc2cccc(NC(=O)C3CCCCC3)c2)c(=O)n(-c2ccccc2)n1C. The molecule has 0 saturated heterocycles. The van der Waals surface area contributed by atoms with Crippen molar-refractivity contribution >= 4 is 35.0 Å². The summed E-state index contributed by atoms with van der Waals surface area (Å²) < 4.78 is 3.28. The number of nitrogens with zero attached hydrogens (tertiary/aromatic N) is 2. The van der Waals surface area contributed by atoms with Gasteiger partial charge in [-0.1, -0.05) is 43.5 Å². The Balaban J connectivity index is 1.43. The monoisotopic (exact) mass is 492 g/mol. The molecule has 0 spiro atoms. The van der Waals surface area contributed by atoms with E-state index in [9.17, 15) is 14.4 Å². The third kappa shape index (κ3) is 5.70. The van der Waals surface area contributed by atoms with Gasteiger partial charge in [0, 0.05) is 23.5 Å². The number of para-hydroxylation sites is 1. The number of hydrogen-bond donors (Lipinski definition) is 2.